The molecule has 0 bridgehead atoms. The second kappa shape index (κ2) is 8.67. The summed E-state index contributed by atoms with van der Waals surface area (Å²) in [6.07, 6.45) is 3.64. The van der Waals surface area contributed by atoms with Crippen LogP contribution in [0.3, 0.4) is 0 Å². The van der Waals surface area contributed by atoms with Crippen LogP contribution in [-0.2, 0) is 9.59 Å². The normalized spacial score (nSPS) is 20.7. The van der Waals surface area contributed by atoms with Gasteiger partial charge in [-0.1, -0.05) is 0 Å². The Bertz CT molecular complexity index is 536. The lowest BCUT2D eigenvalue weighted by Crippen LogP contribution is -2.39. The van der Waals surface area contributed by atoms with Crippen LogP contribution in [0.1, 0.15) is 48.9 Å². The fourth-order valence-electron chi connectivity index (χ4n) is 2.73. The molecular formula is C16H22N2O4S. The minimum absolute atomic E-state index is 0.0337. The van der Waals surface area contributed by atoms with Gasteiger partial charge in [0.15, 0.2) is 0 Å². The first-order valence-corrected chi connectivity index (χ1v) is 8.83. The van der Waals surface area contributed by atoms with Gasteiger partial charge in [-0.25, -0.2) is 0 Å². The Morgan fingerprint density at radius 2 is 1.96 bits per heavy atom. The first-order valence-electron chi connectivity index (χ1n) is 7.89. The van der Waals surface area contributed by atoms with Crippen molar-refractivity contribution in [1.82, 2.24) is 10.6 Å². The van der Waals surface area contributed by atoms with Gasteiger partial charge in [-0.2, -0.15) is 11.3 Å². The molecule has 1 aromatic heterocycles. The molecule has 1 heterocycles. The van der Waals surface area contributed by atoms with Crippen molar-refractivity contribution in [3.8, 4) is 0 Å². The first kappa shape index (κ1) is 17.5. The molecule has 1 aliphatic carbocycles. The van der Waals surface area contributed by atoms with Crippen molar-refractivity contribution in [3.63, 3.8) is 0 Å². The fraction of sp³-hybridized carbons (Fsp3) is 0.562. The molecule has 3 N–H and O–H groups in total. The number of carbonyl (C=O) groups is 3. The number of hydrogen-bond donors (Lipinski definition) is 3. The molecule has 0 spiro atoms. The monoisotopic (exact) mass is 338 g/mol. The van der Waals surface area contributed by atoms with E-state index in [0.717, 1.165) is 12.8 Å². The molecule has 1 saturated carbocycles. The van der Waals surface area contributed by atoms with Crippen molar-refractivity contribution in [3.05, 3.63) is 22.4 Å². The van der Waals surface area contributed by atoms with Crippen LogP contribution in [0.15, 0.2) is 16.8 Å². The molecule has 0 aliphatic heterocycles. The van der Waals surface area contributed by atoms with Gasteiger partial charge in [0.2, 0.25) is 5.91 Å². The Morgan fingerprint density at radius 3 is 2.57 bits per heavy atom. The summed E-state index contributed by atoms with van der Waals surface area (Å²) >= 11 is 1.47. The number of carboxylic acid groups (broad SMARTS) is 1. The summed E-state index contributed by atoms with van der Waals surface area (Å²) in [4.78, 5) is 34.4. The number of thiophene rings is 1. The summed E-state index contributed by atoms with van der Waals surface area (Å²) in [7, 11) is 0. The Balaban J connectivity index is 1.57. The van der Waals surface area contributed by atoms with Crippen molar-refractivity contribution < 1.29 is 19.5 Å². The molecule has 1 aliphatic rings. The van der Waals surface area contributed by atoms with Crippen molar-refractivity contribution in [2.45, 2.75) is 44.6 Å². The van der Waals surface area contributed by atoms with E-state index in [-0.39, 0.29) is 23.8 Å². The Kier molecular flexibility index (Phi) is 6.58. The van der Waals surface area contributed by atoms with Gasteiger partial charge in [0, 0.05) is 30.0 Å². The van der Waals surface area contributed by atoms with Gasteiger partial charge in [-0.05, 0) is 43.6 Å². The number of rotatable bonds is 7. The summed E-state index contributed by atoms with van der Waals surface area (Å²) < 4.78 is 0. The van der Waals surface area contributed by atoms with Crippen LogP contribution in [0.4, 0.5) is 0 Å². The fourth-order valence-corrected chi connectivity index (χ4v) is 3.37. The number of carboxylic acids is 1. The van der Waals surface area contributed by atoms with Gasteiger partial charge >= 0.3 is 5.97 Å². The molecule has 1 aromatic rings. The van der Waals surface area contributed by atoms with Crippen molar-refractivity contribution in [2.24, 2.45) is 5.92 Å². The number of amides is 2. The Morgan fingerprint density at radius 1 is 1.22 bits per heavy atom. The van der Waals surface area contributed by atoms with E-state index in [2.05, 4.69) is 10.6 Å². The van der Waals surface area contributed by atoms with E-state index in [4.69, 9.17) is 5.11 Å². The van der Waals surface area contributed by atoms with Crippen LogP contribution in [0.2, 0.25) is 0 Å². The van der Waals surface area contributed by atoms with Gasteiger partial charge in [0.1, 0.15) is 0 Å². The minimum Gasteiger partial charge on any atom is -0.481 e. The van der Waals surface area contributed by atoms with E-state index in [1.54, 1.807) is 11.4 Å². The topological polar surface area (TPSA) is 95.5 Å². The molecule has 2 rings (SSSR count). The lowest BCUT2D eigenvalue weighted by Gasteiger charge is -2.26. The van der Waals surface area contributed by atoms with Gasteiger partial charge in [-0.3, -0.25) is 14.4 Å². The van der Waals surface area contributed by atoms with Crippen molar-refractivity contribution >= 4 is 29.1 Å². The molecule has 7 heteroatoms. The zero-order valence-corrected chi connectivity index (χ0v) is 13.7. The number of aliphatic carboxylic acids is 1. The summed E-state index contributed by atoms with van der Waals surface area (Å²) in [5.41, 5.74) is 0.648. The zero-order chi connectivity index (χ0) is 16.7. The molecule has 1 fully saturated rings. The highest BCUT2D eigenvalue weighted by atomic mass is 32.1. The van der Waals surface area contributed by atoms with Gasteiger partial charge < -0.3 is 15.7 Å². The third kappa shape index (κ3) is 5.67. The van der Waals surface area contributed by atoms with E-state index in [1.807, 2.05) is 5.38 Å². The lowest BCUT2D eigenvalue weighted by molar-refractivity contribution is -0.142. The summed E-state index contributed by atoms with van der Waals surface area (Å²) in [6.45, 7) is 0.466. The number of carbonyl (C=O) groups excluding carboxylic acids is 2. The van der Waals surface area contributed by atoms with E-state index < -0.39 is 5.97 Å². The summed E-state index contributed by atoms with van der Waals surface area (Å²) in [5.74, 6) is -1.15. The highest BCUT2D eigenvalue weighted by Crippen LogP contribution is 2.24. The van der Waals surface area contributed by atoms with Crippen molar-refractivity contribution in [2.75, 3.05) is 6.54 Å². The number of nitrogens with one attached hydrogen (secondary N) is 2. The third-order valence-corrected chi connectivity index (χ3v) is 4.77. The molecule has 0 unspecified atom stereocenters. The SMILES string of the molecule is O=C(CCCNC(=O)c1ccsc1)NC1CCC(C(=O)O)CC1. The molecular weight excluding hydrogens is 316 g/mol. The van der Waals surface area contributed by atoms with Gasteiger partial charge in [-0.15, -0.1) is 0 Å². The van der Waals surface area contributed by atoms with E-state index >= 15 is 0 Å². The predicted molar refractivity (Wildman–Crippen MR) is 87.4 cm³/mol. The molecule has 23 heavy (non-hydrogen) atoms. The molecule has 2 amide bonds. The third-order valence-electron chi connectivity index (χ3n) is 4.09. The van der Waals surface area contributed by atoms with Crippen LogP contribution < -0.4 is 10.6 Å². The molecule has 0 atom stereocenters. The second-order valence-corrected chi connectivity index (χ2v) is 6.61. The van der Waals surface area contributed by atoms with E-state index in [9.17, 15) is 14.4 Å². The average molecular weight is 338 g/mol. The van der Waals surface area contributed by atoms with Crippen LogP contribution in [-0.4, -0.2) is 35.5 Å². The van der Waals surface area contributed by atoms with Gasteiger partial charge in [0.05, 0.1) is 5.92 Å². The summed E-state index contributed by atoms with van der Waals surface area (Å²) in [6, 6.07) is 1.85. The smallest absolute Gasteiger partial charge is 0.306 e. The van der Waals surface area contributed by atoms with Gasteiger partial charge in [0.25, 0.3) is 5.91 Å². The van der Waals surface area contributed by atoms with Crippen molar-refractivity contribution in [1.29, 1.82) is 0 Å². The molecule has 0 aromatic carbocycles. The average Bonchev–Trinajstić information content (AvgIpc) is 3.06. The minimum atomic E-state index is -0.740. The van der Waals surface area contributed by atoms with Crippen LogP contribution >= 0.6 is 11.3 Å². The van der Waals surface area contributed by atoms with E-state index in [0.29, 0.717) is 37.8 Å². The maximum atomic E-state index is 11.9. The lowest BCUT2D eigenvalue weighted by atomic mass is 9.86. The first-order chi connectivity index (χ1) is 11.1. The maximum Gasteiger partial charge on any atom is 0.306 e. The van der Waals surface area contributed by atoms with Crippen LogP contribution in [0.5, 0.6) is 0 Å². The molecule has 0 saturated heterocycles. The largest absolute Gasteiger partial charge is 0.481 e. The quantitative estimate of drug-likeness (QED) is 0.663. The highest BCUT2D eigenvalue weighted by Gasteiger charge is 2.26. The van der Waals surface area contributed by atoms with Crippen LogP contribution in [0, 0.1) is 5.92 Å². The Labute approximate surface area is 139 Å². The standard InChI is InChI=1S/C16H22N2O4S/c19-14(18-13-5-3-11(4-6-13)16(21)22)2-1-8-17-15(20)12-7-9-23-10-12/h7,9-11,13H,1-6,8H2,(H,17,20)(H,18,19)(H,21,22). The Hall–Kier alpha value is -1.89. The molecule has 6 nitrogen and oxygen atoms in total. The summed E-state index contributed by atoms with van der Waals surface area (Å²) in [5, 5.41) is 18.3. The zero-order valence-electron chi connectivity index (χ0n) is 12.9. The molecule has 0 radical (unpaired) electrons. The highest BCUT2D eigenvalue weighted by molar-refractivity contribution is 7.08. The van der Waals surface area contributed by atoms with Crippen LogP contribution in [0.25, 0.3) is 0 Å². The number of hydrogen-bond acceptors (Lipinski definition) is 4. The second-order valence-electron chi connectivity index (χ2n) is 5.83. The van der Waals surface area contributed by atoms with E-state index in [1.165, 1.54) is 11.3 Å². The maximum absolute atomic E-state index is 11.9. The predicted octanol–water partition coefficient (Wildman–Crippen LogP) is 2.02. The molecule has 126 valence electrons.